The van der Waals surface area contributed by atoms with Gasteiger partial charge in [0.2, 0.25) is 11.5 Å². The normalized spacial score (nSPS) is 26.4. The van der Waals surface area contributed by atoms with E-state index >= 15 is 0 Å². The quantitative estimate of drug-likeness (QED) is 0.336. The molecule has 6 heteroatoms. The van der Waals surface area contributed by atoms with Gasteiger partial charge in [-0.05, 0) is 20.8 Å². The van der Waals surface area contributed by atoms with Crippen molar-refractivity contribution in [3.8, 4) is 0 Å². The smallest absolute Gasteiger partial charge is 0.349 e. The highest BCUT2D eigenvalue weighted by atomic mass is 16.6. The fraction of sp³-hybridized carbons (Fsp3) is 0.667. The Morgan fingerprint density at radius 2 is 2.00 bits per heavy atom. The molecule has 0 aromatic heterocycles. The van der Waals surface area contributed by atoms with Gasteiger partial charge < -0.3 is 9.84 Å². The average Bonchev–Trinajstić information content (AvgIpc) is 2.23. The van der Waals surface area contributed by atoms with Crippen LogP contribution >= 0.6 is 0 Å². The molecule has 1 aliphatic heterocycles. The van der Waals surface area contributed by atoms with E-state index in [4.69, 9.17) is 4.74 Å². The lowest BCUT2D eigenvalue weighted by Crippen LogP contribution is -2.48. The van der Waals surface area contributed by atoms with Crippen LogP contribution in [-0.2, 0) is 19.1 Å². The molecule has 84 valence electrons. The first-order valence-corrected chi connectivity index (χ1v) is 4.45. The number of hydrogen-bond donors (Lipinski definition) is 2. The third-order valence-electron chi connectivity index (χ3n) is 1.78. The van der Waals surface area contributed by atoms with E-state index in [2.05, 4.69) is 0 Å². The monoisotopic (exact) mass is 215 g/mol. The highest BCUT2D eigenvalue weighted by Gasteiger charge is 2.53. The minimum absolute atomic E-state index is 0.583. The van der Waals surface area contributed by atoms with Gasteiger partial charge >= 0.3 is 5.97 Å². The minimum atomic E-state index is -2.37. The first-order valence-electron chi connectivity index (χ1n) is 4.45. The Morgan fingerprint density at radius 3 is 2.33 bits per heavy atom. The topological polar surface area (TPSA) is 92.7 Å². The molecule has 1 heterocycles. The van der Waals surface area contributed by atoms with Gasteiger partial charge in [0.1, 0.15) is 5.60 Å². The Balaban J connectivity index is 2.83. The van der Waals surface area contributed by atoms with Gasteiger partial charge in [-0.1, -0.05) is 0 Å². The van der Waals surface area contributed by atoms with Crippen molar-refractivity contribution in [1.29, 1.82) is 0 Å². The lowest BCUT2D eigenvalue weighted by atomic mass is 10.0. The van der Waals surface area contributed by atoms with Crippen molar-refractivity contribution in [3.63, 3.8) is 0 Å². The zero-order valence-corrected chi connectivity index (χ0v) is 8.79. The van der Waals surface area contributed by atoms with Crippen LogP contribution in [0.15, 0.2) is 0 Å². The zero-order valence-electron chi connectivity index (χ0n) is 8.79. The third-order valence-corrected chi connectivity index (χ3v) is 1.78. The van der Waals surface area contributed by atoms with E-state index in [0.29, 0.717) is 0 Å². The van der Waals surface area contributed by atoms with E-state index in [-0.39, 0.29) is 0 Å². The van der Waals surface area contributed by atoms with Crippen LogP contribution in [0.1, 0.15) is 27.2 Å². The lowest BCUT2D eigenvalue weighted by molar-refractivity contribution is -0.178. The van der Waals surface area contributed by atoms with E-state index < -0.39 is 35.4 Å². The second kappa shape index (κ2) is 3.30. The average molecular weight is 215 g/mol. The summed E-state index contributed by atoms with van der Waals surface area (Å²) in [5.41, 5.74) is -3.19. The summed E-state index contributed by atoms with van der Waals surface area (Å²) in [6.07, 6.45) is -0.583. The van der Waals surface area contributed by atoms with Crippen molar-refractivity contribution < 1.29 is 24.2 Å². The van der Waals surface area contributed by atoms with E-state index in [1.54, 1.807) is 20.8 Å². The van der Waals surface area contributed by atoms with Crippen molar-refractivity contribution in [3.05, 3.63) is 0 Å². The molecule has 1 aliphatic rings. The van der Waals surface area contributed by atoms with E-state index in [1.165, 1.54) is 0 Å². The first kappa shape index (κ1) is 11.6. The minimum Gasteiger partial charge on any atom is -0.457 e. The van der Waals surface area contributed by atoms with Crippen LogP contribution < -0.4 is 5.32 Å². The molecule has 2 amide bonds. The summed E-state index contributed by atoms with van der Waals surface area (Å²) in [4.78, 5) is 33.4. The Kier molecular flexibility index (Phi) is 2.56. The maximum absolute atomic E-state index is 11.5. The Bertz CT molecular complexity index is 330. The van der Waals surface area contributed by atoms with Gasteiger partial charge in [-0.3, -0.25) is 14.9 Å². The number of ether oxygens (including phenoxy) is 1. The van der Waals surface area contributed by atoms with Crippen molar-refractivity contribution >= 4 is 17.8 Å². The number of rotatable bonds is 1. The Labute approximate surface area is 86.6 Å². The second-order valence-corrected chi connectivity index (χ2v) is 4.42. The predicted molar refractivity (Wildman–Crippen MR) is 48.6 cm³/mol. The van der Waals surface area contributed by atoms with Crippen LogP contribution in [0.25, 0.3) is 0 Å². The van der Waals surface area contributed by atoms with Gasteiger partial charge in [-0.15, -0.1) is 0 Å². The molecule has 0 saturated carbocycles. The SMILES string of the molecule is CC(C)(C)OC(=O)C1(O)CC(=O)NC1=O. The molecular weight excluding hydrogens is 202 g/mol. The highest BCUT2D eigenvalue weighted by Crippen LogP contribution is 2.21. The van der Waals surface area contributed by atoms with Crippen molar-refractivity contribution in [1.82, 2.24) is 5.32 Å². The van der Waals surface area contributed by atoms with Gasteiger partial charge in [-0.25, -0.2) is 4.79 Å². The lowest BCUT2D eigenvalue weighted by Gasteiger charge is -2.24. The van der Waals surface area contributed by atoms with Crippen LogP contribution in [0.5, 0.6) is 0 Å². The molecule has 0 aromatic rings. The van der Waals surface area contributed by atoms with Crippen molar-refractivity contribution in [2.24, 2.45) is 0 Å². The number of esters is 1. The summed E-state index contributed by atoms with van der Waals surface area (Å²) in [7, 11) is 0. The maximum atomic E-state index is 11.5. The molecule has 1 unspecified atom stereocenters. The molecule has 1 saturated heterocycles. The largest absolute Gasteiger partial charge is 0.457 e. The van der Waals surface area contributed by atoms with Crippen LogP contribution in [-0.4, -0.2) is 34.1 Å². The molecule has 0 spiro atoms. The summed E-state index contributed by atoms with van der Waals surface area (Å²) in [5, 5.41) is 11.5. The molecule has 0 aromatic carbocycles. The second-order valence-electron chi connectivity index (χ2n) is 4.42. The zero-order chi connectivity index (χ0) is 11.9. The van der Waals surface area contributed by atoms with Crippen molar-refractivity contribution in [2.45, 2.75) is 38.4 Å². The molecule has 1 rings (SSSR count). The molecule has 6 nitrogen and oxygen atoms in total. The van der Waals surface area contributed by atoms with Gasteiger partial charge in [0.15, 0.2) is 0 Å². The van der Waals surface area contributed by atoms with Gasteiger partial charge in [0, 0.05) is 0 Å². The molecular formula is C9H13NO5. The Morgan fingerprint density at radius 1 is 1.47 bits per heavy atom. The fourth-order valence-electron chi connectivity index (χ4n) is 1.11. The van der Waals surface area contributed by atoms with Gasteiger partial charge in [-0.2, -0.15) is 0 Å². The molecule has 0 aliphatic carbocycles. The van der Waals surface area contributed by atoms with E-state index in [1.807, 2.05) is 5.32 Å². The van der Waals surface area contributed by atoms with Crippen LogP contribution in [0, 0.1) is 0 Å². The molecule has 0 bridgehead atoms. The molecule has 1 atom stereocenters. The number of hydrogen-bond acceptors (Lipinski definition) is 5. The van der Waals surface area contributed by atoms with Gasteiger partial charge in [0.25, 0.3) is 5.91 Å². The standard InChI is InChI=1S/C9H13NO5/c1-8(2,3)15-7(13)9(14)4-5(11)10-6(9)12/h14H,4H2,1-3H3,(H,10,11,12). The Hall–Kier alpha value is -1.43. The van der Waals surface area contributed by atoms with Gasteiger partial charge in [0.05, 0.1) is 6.42 Å². The van der Waals surface area contributed by atoms with Crippen LogP contribution in [0.3, 0.4) is 0 Å². The van der Waals surface area contributed by atoms with Crippen LogP contribution in [0.4, 0.5) is 0 Å². The van der Waals surface area contributed by atoms with Crippen molar-refractivity contribution in [2.75, 3.05) is 0 Å². The highest BCUT2D eigenvalue weighted by molar-refractivity contribution is 6.18. The fourth-order valence-corrected chi connectivity index (χ4v) is 1.11. The summed E-state index contributed by atoms with van der Waals surface area (Å²) in [6.45, 7) is 4.80. The number of aliphatic hydroxyl groups is 1. The summed E-state index contributed by atoms with van der Waals surface area (Å²) in [5.74, 6) is -2.81. The third kappa shape index (κ3) is 2.33. The molecule has 1 fully saturated rings. The van der Waals surface area contributed by atoms with Crippen LogP contribution in [0.2, 0.25) is 0 Å². The summed E-state index contributed by atoms with van der Waals surface area (Å²) >= 11 is 0. The number of amides is 2. The number of carbonyl (C=O) groups is 3. The number of imide groups is 1. The predicted octanol–water partition coefficient (Wildman–Crippen LogP) is -0.894. The first-order chi connectivity index (χ1) is 6.65. The molecule has 15 heavy (non-hydrogen) atoms. The number of carbonyl (C=O) groups excluding carboxylic acids is 3. The summed E-state index contributed by atoms with van der Waals surface area (Å²) in [6, 6.07) is 0. The van der Waals surface area contributed by atoms with E-state index in [0.717, 1.165) is 0 Å². The number of nitrogens with one attached hydrogen (secondary N) is 1. The van der Waals surface area contributed by atoms with E-state index in [9.17, 15) is 19.5 Å². The molecule has 0 radical (unpaired) electrons. The maximum Gasteiger partial charge on any atom is 0.349 e. The molecule has 2 N–H and O–H groups in total. The summed E-state index contributed by atoms with van der Waals surface area (Å²) < 4.78 is 4.84.